The van der Waals surface area contributed by atoms with Gasteiger partial charge in [-0.2, -0.15) is 10.2 Å². The van der Waals surface area contributed by atoms with Gasteiger partial charge in [-0.15, -0.1) is 0 Å². The van der Waals surface area contributed by atoms with Crippen LogP contribution in [0.1, 0.15) is 25.5 Å². The third kappa shape index (κ3) is 3.38. The highest BCUT2D eigenvalue weighted by atomic mass is 127. The van der Waals surface area contributed by atoms with E-state index in [-0.39, 0.29) is 0 Å². The van der Waals surface area contributed by atoms with Crippen molar-refractivity contribution in [1.82, 2.24) is 15.1 Å². The van der Waals surface area contributed by atoms with Crippen LogP contribution in [-0.4, -0.2) is 31.6 Å². The fraction of sp³-hybridized carbons (Fsp3) is 0.636. The van der Waals surface area contributed by atoms with Gasteiger partial charge in [-0.1, -0.05) is 29.5 Å². The Labute approximate surface area is 104 Å². The Morgan fingerprint density at radius 1 is 1.47 bits per heavy atom. The highest BCUT2D eigenvalue weighted by Gasteiger charge is 2.26. The summed E-state index contributed by atoms with van der Waals surface area (Å²) in [5.41, 5.74) is 1.08. The number of rotatable bonds is 2. The van der Waals surface area contributed by atoms with Crippen molar-refractivity contribution in [2.75, 3.05) is 13.1 Å². The Kier molecular flexibility index (Phi) is 3.56. The SMILES string of the molecule is CC1(I)CCN(Cc2cccnn2)CC1. The zero-order chi connectivity index (χ0) is 10.7. The van der Waals surface area contributed by atoms with E-state index < -0.39 is 0 Å². The number of likely N-dealkylation sites (tertiary alicyclic amines) is 1. The first-order valence-electron chi connectivity index (χ1n) is 5.34. The fourth-order valence-electron chi connectivity index (χ4n) is 1.82. The van der Waals surface area contributed by atoms with Gasteiger partial charge in [0.2, 0.25) is 0 Å². The molecular formula is C11H16IN3. The van der Waals surface area contributed by atoms with Crippen molar-refractivity contribution < 1.29 is 0 Å². The lowest BCUT2D eigenvalue weighted by atomic mass is 9.99. The van der Waals surface area contributed by atoms with Crippen molar-refractivity contribution in [2.45, 2.75) is 29.7 Å². The number of nitrogens with zero attached hydrogens (tertiary/aromatic N) is 3. The molecule has 0 aromatic carbocycles. The fourth-order valence-corrected chi connectivity index (χ4v) is 2.31. The third-order valence-corrected chi connectivity index (χ3v) is 3.99. The zero-order valence-corrected chi connectivity index (χ0v) is 11.1. The number of hydrogen-bond acceptors (Lipinski definition) is 3. The lowest BCUT2D eigenvalue weighted by Crippen LogP contribution is -2.38. The Balaban J connectivity index is 1.88. The summed E-state index contributed by atoms with van der Waals surface area (Å²) in [6, 6.07) is 4.00. The molecule has 1 saturated heterocycles. The molecule has 0 radical (unpaired) electrons. The van der Waals surface area contributed by atoms with Crippen LogP contribution in [0.15, 0.2) is 18.3 Å². The van der Waals surface area contributed by atoms with Gasteiger partial charge in [-0.05, 0) is 38.1 Å². The van der Waals surface area contributed by atoms with E-state index in [0.717, 1.165) is 12.2 Å². The minimum Gasteiger partial charge on any atom is -0.297 e. The quantitative estimate of drug-likeness (QED) is 0.619. The molecule has 3 nitrogen and oxygen atoms in total. The molecule has 1 aromatic rings. The maximum absolute atomic E-state index is 4.12. The molecule has 0 bridgehead atoms. The van der Waals surface area contributed by atoms with E-state index in [9.17, 15) is 0 Å². The molecule has 0 unspecified atom stereocenters. The van der Waals surface area contributed by atoms with Gasteiger partial charge in [0.05, 0.1) is 5.69 Å². The predicted octanol–water partition coefficient (Wildman–Crippen LogP) is 2.27. The van der Waals surface area contributed by atoms with Gasteiger partial charge < -0.3 is 0 Å². The van der Waals surface area contributed by atoms with Crippen LogP contribution in [0.4, 0.5) is 0 Å². The number of piperidine rings is 1. The Morgan fingerprint density at radius 2 is 2.20 bits per heavy atom. The van der Waals surface area contributed by atoms with Gasteiger partial charge in [-0.25, -0.2) is 0 Å². The highest BCUT2D eigenvalue weighted by molar-refractivity contribution is 14.1. The smallest absolute Gasteiger partial charge is 0.0771 e. The van der Waals surface area contributed by atoms with Crippen LogP contribution in [-0.2, 0) is 6.54 Å². The van der Waals surface area contributed by atoms with E-state index in [2.05, 4.69) is 44.6 Å². The van der Waals surface area contributed by atoms with Crippen LogP contribution in [0, 0.1) is 0 Å². The first-order valence-corrected chi connectivity index (χ1v) is 6.41. The summed E-state index contributed by atoms with van der Waals surface area (Å²) in [6.45, 7) is 5.64. The molecule has 1 aromatic heterocycles. The number of hydrogen-bond donors (Lipinski definition) is 0. The van der Waals surface area contributed by atoms with Crippen LogP contribution < -0.4 is 0 Å². The molecular weight excluding hydrogens is 301 g/mol. The van der Waals surface area contributed by atoms with Crippen LogP contribution >= 0.6 is 22.6 Å². The number of alkyl halides is 1. The second-order valence-corrected chi connectivity index (χ2v) is 7.01. The molecule has 4 heteroatoms. The summed E-state index contributed by atoms with van der Waals surface area (Å²) in [5, 5.41) is 8.02. The summed E-state index contributed by atoms with van der Waals surface area (Å²) in [5.74, 6) is 0. The molecule has 0 spiro atoms. The molecule has 2 rings (SSSR count). The van der Waals surface area contributed by atoms with Gasteiger partial charge in [-0.3, -0.25) is 4.90 Å². The molecule has 82 valence electrons. The lowest BCUT2D eigenvalue weighted by molar-refractivity contribution is 0.201. The summed E-state index contributed by atoms with van der Waals surface area (Å²) in [4.78, 5) is 2.46. The van der Waals surface area contributed by atoms with Crippen LogP contribution in [0.25, 0.3) is 0 Å². The monoisotopic (exact) mass is 317 g/mol. The molecule has 2 heterocycles. The van der Waals surface area contributed by atoms with Crippen molar-refractivity contribution in [3.8, 4) is 0 Å². The van der Waals surface area contributed by atoms with E-state index in [1.807, 2.05) is 12.1 Å². The second kappa shape index (κ2) is 4.74. The van der Waals surface area contributed by atoms with Crippen molar-refractivity contribution in [3.05, 3.63) is 24.0 Å². The molecule has 0 amide bonds. The van der Waals surface area contributed by atoms with Crippen LogP contribution in [0.3, 0.4) is 0 Å². The number of halogens is 1. The maximum atomic E-state index is 4.12. The van der Waals surface area contributed by atoms with E-state index >= 15 is 0 Å². The van der Waals surface area contributed by atoms with Gasteiger partial charge in [0.15, 0.2) is 0 Å². The Hall–Kier alpha value is -0.230. The van der Waals surface area contributed by atoms with E-state index in [1.54, 1.807) is 6.20 Å². The van der Waals surface area contributed by atoms with Crippen molar-refractivity contribution >= 4 is 22.6 Å². The molecule has 0 saturated carbocycles. The van der Waals surface area contributed by atoms with Crippen molar-refractivity contribution in [3.63, 3.8) is 0 Å². The van der Waals surface area contributed by atoms with Gasteiger partial charge >= 0.3 is 0 Å². The maximum Gasteiger partial charge on any atom is 0.0771 e. The number of aromatic nitrogens is 2. The normalized spacial score (nSPS) is 21.5. The molecule has 1 fully saturated rings. The summed E-state index contributed by atoms with van der Waals surface area (Å²) < 4.78 is 0.497. The summed E-state index contributed by atoms with van der Waals surface area (Å²) >= 11 is 2.58. The van der Waals surface area contributed by atoms with Gasteiger partial charge in [0.1, 0.15) is 0 Å². The first-order chi connectivity index (χ1) is 7.16. The zero-order valence-electron chi connectivity index (χ0n) is 8.99. The average molecular weight is 317 g/mol. The van der Waals surface area contributed by atoms with Gasteiger partial charge in [0.25, 0.3) is 0 Å². The van der Waals surface area contributed by atoms with E-state index in [1.165, 1.54) is 25.9 Å². The lowest BCUT2D eigenvalue weighted by Gasteiger charge is -2.35. The van der Waals surface area contributed by atoms with Gasteiger partial charge in [0, 0.05) is 16.2 Å². The minimum absolute atomic E-state index is 0.497. The Morgan fingerprint density at radius 3 is 2.80 bits per heavy atom. The molecule has 0 atom stereocenters. The third-order valence-electron chi connectivity index (χ3n) is 2.91. The van der Waals surface area contributed by atoms with E-state index in [0.29, 0.717) is 3.42 Å². The van der Waals surface area contributed by atoms with Crippen LogP contribution in [0.2, 0.25) is 0 Å². The van der Waals surface area contributed by atoms with Crippen molar-refractivity contribution in [1.29, 1.82) is 0 Å². The minimum atomic E-state index is 0.497. The summed E-state index contributed by atoms with van der Waals surface area (Å²) in [7, 11) is 0. The standard InChI is InChI=1S/C11H16IN3/c1-11(12)4-7-15(8-5-11)9-10-3-2-6-13-14-10/h2-3,6H,4-5,7-9H2,1H3. The largest absolute Gasteiger partial charge is 0.297 e. The van der Waals surface area contributed by atoms with E-state index in [4.69, 9.17) is 0 Å². The topological polar surface area (TPSA) is 29.0 Å². The first kappa shape index (κ1) is 11.3. The molecule has 1 aliphatic rings. The highest BCUT2D eigenvalue weighted by Crippen LogP contribution is 2.31. The molecule has 0 N–H and O–H groups in total. The Bertz CT molecular complexity index is 303. The average Bonchev–Trinajstić information content (AvgIpc) is 2.23. The van der Waals surface area contributed by atoms with Crippen LogP contribution in [0.5, 0.6) is 0 Å². The summed E-state index contributed by atoms with van der Waals surface area (Å²) in [6.07, 6.45) is 4.27. The molecule has 0 aliphatic carbocycles. The molecule has 15 heavy (non-hydrogen) atoms. The second-order valence-electron chi connectivity index (χ2n) is 4.40. The van der Waals surface area contributed by atoms with Crippen molar-refractivity contribution in [2.24, 2.45) is 0 Å². The predicted molar refractivity (Wildman–Crippen MR) is 69.0 cm³/mol. The molecule has 1 aliphatic heterocycles.